The zero-order valence-corrected chi connectivity index (χ0v) is 7.07. The Morgan fingerprint density at radius 1 is 1.33 bits per heavy atom. The summed E-state index contributed by atoms with van der Waals surface area (Å²) in [5.74, 6) is -0.718. The van der Waals surface area contributed by atoms with Gasteiger partial charge in [-0.05, 0) is 13.8 Å². The van der Waals surface area contributed by atoms with E-state index in [0.717, 1.165) is 4.90 Å². The van der Waals surface area contributed by atoms with Crippen LogP contribution >= 0.6 is 0 Å². The fourth-order valence-electron chi connectivity index (χ4n) is 0.974. The standard InChI is InChI=1S/C8H11NO3/c1-8(2,12)5-9-6(10)3-4-7(9)11/h3-4,12H,5H2,1-2H3. The molecule has 0 unspecified atom stereocenters. The molecule has 4 nitrogen and oxygen atoms in total. The van der Waals surface area contributed by atoms with Crippen molar-refractivity contribution in [1.82, 2.24) is 4.90 Å². The third-order valence-electron chi connectivity index (χ3n) is 1.45. The second kappa shape index (κ2) is 2.71. The molecule has 2 amide bonds. The maximum atomic E-state index is 11.0. The summed E-state index contributed by atoms with van der Waals surface area (Å²) in [6.45, 7) is 3.13. The van der Waals surface area contributed by atoms with Crippen LogP contribution in [-0.2, 0) is 9.59 Å². The molecule has 0 bridgehead atoms. The molecule has 12 heavy (non-hydrogen) atoms. The molecule has 0 fully saturated rings. The molecule has 1 aliphatic rings. The Morgan fingerprint density at radius 3 is 2.08 bits per heavy atom. The normalized spacial score (nSPS) is 17.8. The van der Waals surface area contributed by atoms with Crippen LogP contribution in [0.4, 0.5) is 0 Å². The Labute approximate surface area is 70.5 Å². The molecule has 0 aliphatic carbocycles. The summed E-state index contributed by atoms with van der Waals surface area (Å²) in [5.41, 5.74) is -1.03. The van der Waals surface area contributed by atoms with Gasteiger partial charge in [-0.3, -0.25) is 14.5 Å². The minimum absolute atomic E-state index is 0.0394. The number of aliphatic hydroxyl groups is 1. The highest BCUT2D eigenvalue weighted by Gasteiger charge is 2.28. The van der Waals surface area contributed by atoms with Gasteiger partial charge in [0.1, 0.15) is 0 Å². The molecule has 0 saturated carbocycles. The molecular formula is C8H11NO3. The van der Waals surface area contributed by atoms with Crippen molar-refractivity contribution in [2.75, 3.05) is 6.54 Å². The summed E-state index contributed by atoms with van der Waals surface area (Å²) in [7, 11) is 0. The van der Waals surface area contributed by atoms with E-state index in [1.165, 1.54) is 12.2 Å². The first-order valence-electron chi connectivity index (χ1n) is 3.66. The van der Waals surface area contributed by atoms with Crippen LogP contribution in [0.1, 0.15) is 13.8 Å². The topological polar surface area (TPSA) is 57.6 Å². The van der Waals surface area contributed by atoms with Crippen molar-refractivity contribution >= 4 is 11.8 Å². The van der Waals surface area contributed by atoms with Crippen LogP contribution in [0.5, 0.6) is 0 Å². The van der Waals surface area contributed by atoms with Gasteiger partial charge in [-0.1, -0.05) is 0 Å². The summed E-state index contributed by atoms with van der Waals surface area (Å²) in [6, 6.07) is 0. The van der Waals surface area contributed by atoms with E-state index >= 15 is 0 Å². The minimum Gasteiger partial charge on any atom is -0.389 e. The second-order valence-electron chi connectivity index (χ2n) is 3.41. The SMILES string of the molecule is CC(C)(O)CN1C(=O)C=CC1=O. The van der Waals surface area contributed by atoms with E-state index in [-0.39, 0.29) is 18.4 Å². The second-order valence-corrected chi connectivity index (χ2v) is 3.41. The van der Waals surface area contributed by atoms with Crippen molar-refractivity contribution in [3.8, 4) is 0 Å². The van der Waals surface area contributed by atoms with Crippen molar-refractivity contribution in [2.24, 2.45) is 0 Å². The fourth-order valence-corrected chi connectivity index (χ4v) is 0.974. The van der Waals surface area contributed by atoms with Crippen LogP contribution in [0, 0.1) is 0 Å². The van der Waals surface area contributed by atoms with Crippen LogP contribution < -0.4 is 0 Å². The van der Waals surface area contributed by atoms with Crippen molar-refractivity contribution in [3.63, 3.8) is 0 Å². The van der Waals surface area contributed by atoms with Gasteiger partial charge >= 0.3 is 0 Å². The van der Waals surface area contributed by atoms with E-state index in [4.69, 9.17) is 0 Å². The first-order valence-corrected chi connectivity index (χ1v) is 3.66. The van der Waals surface area contributed by atoms with Gasteiger partial charge in [0.25, 0.3) is 11.8 Å². The molecule has 0 atom stereocenters. The number of imide groups is 1. The molecule has 0 aromatic carbocycles. The molecule has 0 radical (unpaired) electrons. The van der Waals surface area contributed by atoms with Gasteiger partial charge in [0, 0.05) is 12.2 Å². The first kappa shape index (κ1) is 8.93. The molecule has 1 N–H and O–H groups in total. The van der Waals surface area contributed by atoms with Crippen molar-refractivity contribution in [3.05, 3.63) is 12.2 Å². The van der Waals surface area contributed by atoms with Gasteiger partial charge in [-0.15, -0.1) is 0 Å². The Balaban J connectivity index is 2.66. The third kappa shape index (κ3) is 1.92. The number of hydrogen-bond donors (Lipinski definition) is 1. The maximum Gasteiger partial charge on any atom is 0.253 e. The number of amides is 2. The van der Waals surface area contributed by atoms with E-state index in [9.17, 15) is 14.7 Å². The monoisotopic (exact) mass is 169 g/mol. The van der Waals surface area contributed by atoms with Crippen LogP contribution in [0.25, 0.3) is 0 Å². The number of carbonyl (C=O) groups excluding carboxylic acids is 2. The molecule has 0 spiro atoms. The maximum absolute atomic E-state index is 11.0. The lowest BCUT2D eigenvalue weighted by atomic mass is 10.1. The predicted molar refractivity (Wildman–Crippen MR) is 42.2 cm³/mol. The van der Waals surface area contributed by atoms with Crippen molar-refractivity contribution in [2.45, 2.75) is 19.4 Å². The van der Waals surface area contributed by atoms with Gasteiger partial charge in [0.2, 0.25) is 0 Å². The summed E-state index contributed by atoms with van der Waals surface area (Å²) >= 11 is 0. The van der Waals surface area contributed by atoms with Gasteiger partial charge in [-0.25, -0.2) is 0 Å². The summed E-state index contributed by atoms with van der Waals surface area (Å²) in [4.78, 5) is 23.0. The predicted octanol–water partition coefficient (Wildman–Crippen LogP) is -0.318. The lowest BCUT2D eigenvalue weighted by Gasteiger charge is -2.23. The molecule has 66 valence electrons. The molecule has 0 aromatic rings. The van der Waals surface area contributed by atoms with E-state index < -0.39 is 5.60 Å². The summed E-state index contributed by atoms with van der Waals surface area (Å²) < 4.78 is 0. The highest BCUT2D eigenvalue weighted by atomic mass is 16.3. The zero-order chi connectivity index (χ0) is 9.35. The smallest absolute Gasteiger partial charge is 0.253 e. The molecule has 4 heteroatoms. The van der Waals surface area contributed by atoms with Crippen LogP contribution in [0.15, 0.2) is 12.2 Å². The van der Waals surface area contributed by atoms with E-state index in [2.05, 4.69) is 0 Å². The lowest BCUT2D eigenvalue weighted by Crippen LogP contribution is -2.41. The Morgan fingerprint density at radius 2 is 1.75 bits per heavy atom. The van der Waals surface area contributed by atoms with Gasteiger partial charge in [-0.2, -0.15) is 0 Å². The Bertz CT molecular complexity index is 232. The van der Waals surface area contributed by atoms with Crippen LogP contribution in [0.2, 0.25) is 0 Å². The van der Waals surface area contributed by atoms with Crippen LogP contribution in [0.3, 0.4) is 0 Å². The fraction of sp³-hybridized carbons (Fsp3) is 0.500. The lowest BCUT2D eigenvalue weighted by molar-refractivity contribution is -0.140. The molecule has 1 heterocycles. The highest BCUT2D eigenvalue weighted by Crippen LogP contribution is 2.10. The molecular weight excluding hydrogens is 158 g/mol. The quantitative estimate of drug-likeness (QED) is 0.576. The minimum atomic E-state index is -1.03. The zero-order valence-electron chi connectivity index (χ0n) is 7.07. The van der Waals surface area contributed by atoms with Crippen molar-refractivity contribution in [1.29, 1.82) is 0 Å². The molecule has 0 aromatic heterocycles. The van der Waals surface area contributed by atoms with Gasteiger partial charge < -0.3 is 5.11 Å². The number of carbonyl (C=O) groups is 2. The van der Waals surface area contributed by atoms with Crippen molar-refractivity contribution < 1.29 is 14.7 Å². The number of β-amino-alcohol motifs (C(OH)–C–C–N with tert-alkyl or cyclic N) is 1. The molecule has 0 saturated heterocycles. The Hall–Kier alpha value is -1.16. The number of hydrogen-bond acceptors (Lipinski definition) is 3. The summed E-state index contributed by atoms with van der Waals surface area (Å²) in [5, 5.41) is 9.34. The average molecular weight is 169 g/mol. The van der Waals surface area contributed by atoms with E-state index in [1.54, 1.807) is 13.8 Å². The number of rotatable bonds is 2. The van der Waals surface area contributed by atoms with E-state index in [1.807, 2.05) is 0 Å². The number of nitrogens with zero attached hydrogens (tertiary/aromatic N) is 1. The third-order valence-corrected chi connectivity index (χ3v) is 1.45. The Kier molecular flexibility index (Phi) is 2.02. The highest BCUT2D eigenvalue weighted by molar-refractivity contribution is 6.12. The van der Waals surface area contributed by atoms with E-state index in [0.29, 0.717) is 0 Å². The summed E-state index contributed by atoms with van der Waals surface area (Å²) in [6.07, 6.45) is 2.40. The average Bonchev–Trinajstić information content (AvgIpc) is 2.16. The first-order chi connectivity index (χ1) is 5.40. The molecule has 1 aliphatic heterocycles. The van der Waals surface area contributed by atoms with Gasteiger partial charge in [0.05, 0.1) is 12.1 Å². The van der Waals surface area contributed by atoms with Crippen LogP contribution in [-0.4, -0.2) is 34.0 Å². The molecule has 1 rings (SSSR count). The van der Waals surface area contributed by atoms with Gasteiger partial charge in [0.15, 0.2) is 0 Å². The largest absolute Gasteiger partial charge is 0.389 e.